The Morgan fingerprint density at radius 3 is 1.60 bits per heavy atom. The van der Waals surface area contributed by atoms with E-state index in [2.05, 4.69) is 68.9 Å². The Bertz CT molecular complexity index is 2070. The van der Waals surface area contributed by atoms with Gasteiger partial charge in [0.25, 0.3) is 0 Å². The molecule has 1 aromatic heterocycles. The van der Waals surface area contributed by atoms with E-state index in [0.29, 0.717) is 11.7 Å². The van der Waals surface area contributed by atoms with Crippen LogP contribution < -0.4 is 5.32 Å². The van der Waals surface area contributed by atoms with E-state index in [1.165, 1.54) is 0 Å². The second-order valence-corrected chi connectivity index (χ2v) is 11.0. The quantitative estimate of drug-likeness (QED) is 0.169. The summed E-state index contributed by atoms with van der Waals surface area (Å²) in [6.45, 7) is 8.35. The molecule has 1 N–H and O–H groups in total. The largest absolute Gasteiger partial charge is 0.382 e. The number of aryl methyl sites for hydroxylation is 2. The van der Waals surface area contributed by atoms with Crippen LogP contribution in [0.15, 0.2) is 140 Å². The Morgan fingerprint density at radius 1 is 0.578 bits per heavy atom. The fourth-order valence-corrected chi connectivity index (χ4v) is 5.05. The van der Waals surface area contributed by atoms with Crippen LogP contribution in [0.25, 0.3) is 21.5 Å². The molecule has 0 bridgehead atoms. The number of anilines is 1. The van der Waals surface area contributed by atoms with Crippen LogP contribution in [0, 0.1) is 13.8 Å². The molecule has 0 saturated heterocycles. The molecule has 0 fully saturated rings. The Hall–Kier alpha value is -5.63. The molecule has 8 heteroatoms. The van der Waals surface area contributed by atoms with Gasteiger partial charge in [-0.05, 0) is 86.8 Å². The lowest BCUT2D eigenvalue weighted by molar-refractivity contribution is 0.765. The lowest BCUT2D eigenvalue weighted by Crippen LogP contribution is -2.13. The number of nitrogens with one attached hydrogen (secondary N) is 1. The van der Waals surface area contributed by atoms with Crippen LogP contribution in [0.3, 0.4) is 0 Å². The van der Waals surface area contributed by atoms with Crippen molar-refractivity contribution in [1.82, 2.24) is 4.98 Å². The number of hydrogen-bond acceptors (Lipinski definition) is 8. The van der Waals surface area contributed by atoms with E-state index in [-0.39, 0.29) is 0 Å². The summed E-state index contributed by atoms with van der Waals surface area (Å²) in [5, 5.41) is 35.1. The second kappa shape index (κ2) is 13.3. The monoisotopic (exact) mass is 590 g/mol. The number of azo groups is 3. The van der Waals surface area contributed by atoms with E-state index >= 15 is 0 Å². The van der Waals surface area contributed by atoms with Crippen molar-refractivity contribution in [1.29, 1.82) is 0 Å². The number of hydrogen-bond donors (Lipinski definition) is 1. The van der Waals surface area contributed by atoms with E-state index in [4.69, 9.17) is 10.2 Å². The van der Waals surface area contributed by atoms with Gasteiger partial charge in [0.15, 0.2) is 0 Å². The topological polar surface area (TPSA) is 99.1 Å². The standard InChI is InChI=1S/C37H34N8/c1-5-26(4)39-32-16-17-33(29-13-7-6-12-28(29)32)41-42-34-18-19-35(31-15-9-8-14-30(31)34)43-45-37-22-24(2)36(21-25(37)3)44-40-27-11-10-20-38-23-27/h6-23,26,39H,5H2,1-4H3. The molecule has 1 heterocycles. The van der Waals surface area contributed by atoms with Crippen LogP contribution in [-0.4, -0.2) is 11.0 Å². The molecule has 0 radical (unpaired) electrons. The SMILES string of the molecule is CCC(C)Nc1ccc(N=Nc2ccc(N=Nc3cc(C)c(N=Nc4cccnc4)cc3C)c3ccccc23)c2ccccc12. The van der Waals surface area contributed by atoms with Crippen molar-refractivity contribution in [3.63, 3.8) is 0 Å². The average molecular weight is 591 g/mol. The predicted molar refractivity (Wildman–Crippen MR) is 184 cm³/mol. The molecule has 0 aliphatic rings. The number of benzene rings is 5. The molecule has 1 atom stereocenters. The van der Waals surface area contributed by atoms with Crippen LogP contribution in [-0.2, 0) is 0 Å². The Kier molecular flexibility index (Phi) is 8.73. The van der Waals surface area contributed by atoms with E-state index in [1.807, 2.05) is 86.6 Å². The van der Waals surface area contributed by atoms with Crippen molar-refractivity contribution in [2.75, 3.05) is 5.32 Å². The zero-order valence-electron chi connectivity index (χ0n) is 25.8. The predicted octanol–water partition coefficient (Wildman–Crippen LogP) is 12.5. The molecule has 0 saturated carbocycles. The van der Waals surface area contributed by atoms with Crippen LogP contribution in [0.4, 0.5) is 39.8 Å². The second-order valence-electron chi connectivity index (χ2n) is 11.0. The molecule has 0 amide bonds. The molecule has 222 valence electrons. The van der Waals surface area contributed by atoms with Gasteiger partial charge < -0.3 is 5.32 Å². The normalized spacial score (nSPS) is 12.6. The maximum Gasteiger partial charge on any atom is 0.104 e. The third-order valence-corrected chi connectivity index (χ3v) is 7.76. The van der Waals surface area contributed by atoms with Crippen molar-refractivity contribution >= 4 is 61.4 Å². The third kappa shape index (κ3) is 6.65. The summed E-state index contributed by atoms with van der Waals surface area (Å²) in [7, 11) is 0. The van der Waals surface area contributed by atoms with Gasteiger partial charge in [-0.1, -0.05) is 55.5 Å². The van der Waals surface area contributed by atoms with Gasteiger partial charge in [-0.15, -0.1) is 20.5 Å². The van der Waals surface area contributed by atoms with E-state index in [1.54, 1.807) is 12.4 Å². The molecule has 0 spiro atoms. The maximum absolute atomic E-state index is 4.71. The first-order valence-corrected chi connectivity index (χ1v) is 15.1. The number of pyridine rings is 1. The Morgan fingerprint density at radius 2 is 1.07 bits per heavy atom. The number of fused-ring (bicyclic) bond motifs is 2. The first-order chi connectivity index (χ1) is 22.0. The minimum absolute atomic E-state index is 0.379. The zero-order chi connectivity index (χ0) is 31.2. The van der Waals surface area contributed by atoms with Crippen LogP contribution >= 0.6 is 0 Å². The summed E-state index contributed by atoms with van der Waals surface area (Å²) in [6, 6.07) is 32.4. The molecular weight excluding hydrogens is 556 g/mol. The molecule has 0 aliphatic carbocycles. The highest BCUT2D eigenvalue weighted by molar-refractivity contribution is 6.02. The minimum atomic E-state index is 0.379. The first kappa shape index (κ1) is 29.4. The number of nitrogens with zero attached hydrogens (tertiary/aromatic N) is 7. The summed E-state index contributed by atoms with van der Waals surface area (Å²) >= 11 is 0. The summed E-state index contributed by atoms with van der Waals surface area (Å²) in [6.07, 6.45) is 4.43. The average Bonchev–Trinajstić information content (AvgIpc) is 3.08. The van der Waals surface area contributed by atoms with Crippen molar-refractivity contribution < 1.29 is 0 Å². The first-order valence-electron chi connectivity index (χ1n) is 15.1. The van der Waals surface area contributed by atoms with Crippen LogP contribution in [0.1, 0.15) is 31.4 Å². The molecule has 45 heavy (non-hydrogen) atoms. The van der Waals surface area contributed by atoms with Gasteiger partial charge in [0.05, 0.1) is 34.6 Å². The highest BCUT2D eigenvalue weighted by Crippen LogP contribution is 2.38. The third-order valence-electron chi connectivity index (χ3n) is 7.76. The Balaban J connectivity index is 1.28. The van der Waals surface area contributed by atoms with Gasteiger partial charge in [-0.2, -0.15) is 10.2 Å². The molecule has 1 unspecified atom stereocenters. The zero-order valence-corrected chi connectivity index (χ0v) is 25.8. The van der Waals surface area contributed by atoms with E-state index < -0.39 is 0 Å². The lowest BCUT2D eigenvalue weighted by Gasteiger charge is -2.15. The Labute approximate surface area is 262 Å². The summed E-state index contributed by atoms with van der Waals surface area (Å²) in [4.78, 5) is 4.08. The van der Waals surface area contributed by atoms with Crippen molar-refractivity contribution in [3.05, 3.63) is 121 Å². The van der Waals surface area contributed by atoms with Crippen LogP contribution in [0.2, 0.25) is 0 Å². The molecular formula is C37H34N8. The van der Waals surface area contributed by atoms with Crippen molar-refractivity contribution in [3.8, 4) is 0 Å². The van der Waals surface area contributed by atoms with Crippen molar-refractivity contribution in [2.45, 2.75) is 40.2 Å². The van der Waals surface area contributed by atoms with Gasteiger partial charge in [-0.3, -0.25) is 4.98 Å². The fraction of sp³-hybridized carbons (Fsp3) is 0.162. The minimum Gasteiger partial charge on any atom is -0.382 e. The van der Waals surface area contributed by atoms with E-state index in [9.17, 15) is 0 Å². The smallest absolute Gasteiger partial charge is 0.104 e. The van der Waals surface area contributed by atoms with E-state index in [0.717, 1.165) is 73.2 Å². The highest BCUT2D eigenvalue weighted by atomic mass is 15.1. The maximum atomic E-state index is 4.71. The van der Waals surface area contributed by atoms with Gasteiger partial charge in [0.1, 0.15) is 5.69 Å². The summed E-state index contributed by atoms with van der Waals surface area (Å²) in [5.74, 6) is 0. The van der Waals surface area contributed by atoms with Gasteiger partial charge >= 0.3 is 0 Å². The summed E-state index contributed by atoms with van der Waals surface area (Å²) in [5.41, 5.74) is 7.63. The number of aromatic nitrogens is 1. The molecule has 0 aliphatic heterocycles. The van der Waals surface area contributed by atoms with Gasteiger partial charge in [-0.25, -0.2) is 0 Å². The highest BCUT2D eigenvalue weighted by Gasteiger charge is 2.10. The fourth-order valence-electron chi connectivity index (χ4n) is 5.05. The molecule has 5 aromatic carbocycles. The lowest BCUT2D eigenvalue weighted by atomic mass is 10.1. The van der Waals surface area contributed by atoms with Crippen molar-refractivity contribution in [2.24, 2.45) is 30.7 Å². The van der Waals surface area contributed by atoms with Gasteiger partial charge in [0.2, 0.25) is 0 Å². The number of rotatable bonds is 9. The molecule has 6 aromatic rings. The molecule has 6 rings (SSSR count). The van der Waals surface area contributed by atoms with Gasteiger partial charge in [0, 0.05) is 39.5 Å². The van der Waals surface area contributed by atoms with Crippen LogP contribution in [0.5, 0.6) is 0 Å². The molecule has 8 nitrogen and oxygen atoms in total. The summed E-state index contributed by atoms with van der Waals surface area (Å²) < 4.78 is 0.